The minimum atomic E-state index is -3.87. The van der Waals surface area contributed by atoms with Gasteiger partial charge in [-0.15, -0.1) is 0 Å². The predicted molar refractivity (Wildman–Crippen MR) is 51.3 cm³/mol. The molecule has 0 saturated heterocycles. The van der Waals surface area contributed by atoms with Gasteiger partial charge in [-0.3, -0.25) is 4.79 Å². The number of carbonyl (C=O) groups excluding carboxylic acids is 1. The first-order valence-corrected chi connectivity index (χ1v) is 4.46. The van der Waals surface area contributed by atoms with Gasteiger partial charge in [0.2, 0.25) is 5.78 Å². The molecule has 0 radical (unpaired) electrons. The number of carbonyl (C=O) groups is 1. The summed E-state index contributed by atoms with van der Waals surface area (Å²) >= 11 is 9.93. The molecule has 0 bridgehead atoms. The number of anilines is 1. The maximum atomic E-state index is 12.2. The van der Waals surface area contributed by atoms with Crippen molar-refractivity contribution >= 4 is 34.8 Å². The lowest BCUT2D eigenvalue weighted by Gasteiger charge is -2.07. The Balaban J connectivity index is 2.51. The fourth-order valence-electron chi connectivity index (χ4n) is 0.675. The predicted octanol–water partition coefficient (Wildman–Crippen LogP) is 1.94. The topological polar surface area (TPSA) is 54.9 Å². The van der Waals surface area contributed by atoms with Crippen molar-refractivity contribution in [1.82, 2.24) is 9.97 Å². The Labute approximate surface area is 93.6 Å². The first-order chi connectivity index (χ1) is 6.89. The Hall–Kier alpha value is -1.01. The lowest BCUT2D eigenvalue weighted by Crippen LogP contribution is -2.28. The van der Waals surface area contributed by atoms with E-state index in [0.717, 1.165) is 0 Å². The molecule has 1 aromatic rings. The molecule has 0 aliphatic rings. The number of nitrogens with zero attached hydrogens (tertiary/aromatic N) is 2. The van der Waals surface area contributed by atoms with E-state index in [9.17, 15) is 13.6 Å². The van der Waals surface area contributed by atoms with E-state index in [1.165, 1.54) is 12.4 Å². The number of aromatic nitrogens is 2. The van der Waals surface area contributed by atoms with Gasteiger partial charge in [0.25, 0.3) is 0 Å². The molecule has 0 unspecified atom stereocenters. The lowest BCUT2D eigenvalue weighted by atomic mass is 10.4. The maximum absolute atomic E-state index is 12.2. The molecule has 0 saturated carbocycles. The third kappa shape index (κ3) is 3.93. The molecule has 0 spiro atoms. The summed E-state index contributed by atoms with van der Waals surface area (Å²) in [4.78, 5) is 18.0. The monoisotopic (exact) mass is 255 g/mol. The van der Waals surface area contributed by atoms with Crippen LogP contribution in [0, 0.1) is 0 Å². The van der Waals surface area contributed by atoms with Gasteiger partial charge in [0.1, 0.15) is 11.0 Å². The van der Waals surface area contributed by atoms with Gasteiger partial charge in [0.05, 0.1) is 18.9 Å². The molecule has 1 heterocycles. The van der Waals surface area contributed by atoms with Gasteiger partial charge in [0, 0.05) is 0 Å². The van der Waals surface area contributed by atoms with Crippen LogP contribution < -0.4 is 5.32 Å². The van der Waals surface area contributed by atoms with E-state index in [0.29, 0.717) is 0 Å². The largest absolute Gasteiger partial charge is 0.382 e. The second-order valence-corrected chi connectivity index (χ2v) is 3.36. The maximum Gasteiger partial charge on any atom is 0.382 e. The summed E-state index contributed by atoms with van der Waals surface area (Å²) < 4.78 is 24.4. The SMILES string of the molecule is O=C(CNc1cnc(Cl)cn1)C(F)(F)Cl. The Morgan fingerprint density at radius 1 is 1.47 bits per heavy atom. The normalized spacial score (nSPS) is 11.2. The number of nitrogens with one attached hydrogen (secondary N) is 1. The number of hydrogen-bond donors (Lipinski definition) is 1. The average molecular weight is 256 g/mol. The van der Waals surface area contributed by atoms with Crippen LogP contribution in [0.4, 0.5) is 14.6 Å². The molecule has 82 valence electrons. The first kappa shape index (κ1) is 12.1. The summed E-state index contributed by atoms with van der Waals surface area (Å²) in [5.74, 6) is -1.28. The van der Waals surface area contributed by atoms with Crippen LogP contribution in [0.3, 0.4) is 0 Å². The van der Waals surface area contributed by atoms with Crippen LogP contribution in [0.1, 0.15) is 0 Å². The van der Waals surface area contributed by atoms with Crippen LogP contribution in [0.15, 0.2) is 12.4 Å². The van der Waals surface area contributed by atoms with Crippen molar-refractivity contribution in [2.24, 2.45) is 0 Å². The minimum absolute atomic E-state index is 0.161. The van der Waals surface area contributed by atoms with E-state index in [1.807, 2.05) is 0 Å². The van der Waals surface area contributed by atoms with Crippen molar-refractivity contribution in [3.63, 3.8) is 0 Å². The molecule has 0 fully saturated rings. The van der Waals surface area contributed by atoms with Gasteiger partial charge in [0.15, 0.2) is 0 Å². The summed E-state index contributed by atoms with van der Waals surface area (Å²) in [7, 11) is 0. The van der Waals surface area contributed by atoms with Crippen LogP contribution in [0.2, 0.25) is 5.15 Å². The molecule has 0 aliphatic carbocycles. The van der Waals surface area contributed by atoms with Gasteiger partial charge in [-0.1, -0.05) is 11.6 Å². The molecule has 8 heteroatoms. The molecular formula is C7H5Cl2F2N3O. The zero-order valence-electron chi connectivity index (χ0n) is 7.18. The standard InChI is InChI=1S/C7H5Cl2F2N3O/c8-5-2-14-6(3-12-5)13-1-4(15)7(9,10)11/h2-3H,1H2,(H,13,14). The molecule has 1 rings (SSSR count). The molecule has 1 N–H and O–H groups in total. The zero-order valence-corrected chi connectivity index (χ0v) is 8.69. The Morgan fingerprint density at radius 3 is 2.60 bits per heavy atom. The van der Waals surface area contributed by atoms with E-state index in [2.05, 4.69) is 26.9 Å². The van der Waals surface area contributed by atoms with E-state index in [-0.39, 0.29) is 11.0 Å². The molecule has 4 nitrogen and oxygen atoms in total. The molecule has 0 aromatic carbocycles. The van der Waals surface area contributed by atoms with Gasteiger partial charge in [-0.05, 0) is 11.6 Å². The van der Waals surface area contributed by atoms with Gasteiger partial charge in [-0.25, -0.2) is 9.97 Å². The molecule has 15 heavy (non-hydrogen) atoms. The number of alkyl halides is 3. The number of Topliss-reactive ketones (excluding diaryl/α,β-unsaturated/α-hetero) is 1. The molecule has 1 aromatic heterocycles. The lowest BCUT2D eigenvalue weighted by molar-refractivity contribution is -0.131. The second kappa shape index (κ2) is 4.67. The van der Waals surface area contributed by atoms with E-state index < -0.39 is 17.7 Å². The average Bonchev–Trinajstić information content (AvgIpc) is 2.15. The summed E-state index contributed by atoms with van der Waals surface area (Å²) in [5, 5.41) is -1.37. The van der Waals surface area contributed by atoms with Crippen LogP contribution in [0.25, 0.3) is 0 Å². The molecular weight excluding hydrogens is 251 g/mol. The van der Waals surface area contributed by atoms with E-state index >= 15 is 0 Å². The molecule has 0 amide bonds. The highest BCUT2D eigenvalue weighted by Gasteiger charge is 2.34. The van der Waals surface area contributed by atoms with E-state index in [4.69, 9.17) is 11.6 Å². The highest BCUT2D eigenvalue weighted by Crippen LogP contribution is 2.19. The smallest absolute Gasteiger partial charge is 0.361 e. The Kier molecular flexibility index (Phi) is 3.76. The van der Waals surface area contributed by atoms with Gasteiger partial charge in [-0.2, -0.15) is 8.78 Å². The molecule has 0 aliphatic heterocycles. The zero-order chi connectivity index (χ0) is 11.5. The van der Waals surface area contributed by atoms with Crippen molar-refractivity contribution in [3.8, 4) is 0 Å². The number of hydrogen-bond acceptors (Lipinski definition) is 4. The van der Waals surface area contributed by atoms with Crippen molar-refractivity contribution in [1.29, 1.82) is 0 Å². The summed E-state index contributed by atoms with van der Waals surface area (Å²) in [6.07, 6.45) is 2.43. The fourth-order valence-corrected chi connectivity index (χ4v) is 0.839. The summed E-state index contributed by atoms with van der Waals surface area (Å²) in [6.45, 7) is -0.632. The van der Waals surface area contributed by atoms with Crippen molar-refractivity contribution in [3.05, 3.63) is 17.5 Å². The van der Waals surface area contributed by atoms with Crippen LogP contribution in [0.5, 0.6) is 0 Å². The quantitative estimate of drug-likeness (QED) is 0.836. The molecule has 0 atom stereocenters. The Bertz CT molecular complexity index is 352. The number of halogens is 4. The highest BCUT2D eigenvalue weighted by atomic mass is 35.5. The van der Waals surface area contributed by atoms with Crippen molar-refractivity contribution < 1.29 is 13.6 Å². The van der Waals surface area contributed by atoms with E-state index in [1.54, 1.807) is 0 Å². The highest BCUT2D eigenvalue weighted by molar-refractivity contribution is 6.33. The van der Waals surface area contributed by atoms with Gasteiger partial charge >= 0.3 is 5.38 Å². The second-order valence-electron chi connectivity index (χ2n) is 2.50. The fraction of sp³-hybridized carbons (Fsp3) is 0.286. The summed E-state index contributed by atoms with van der Waals surface area (Å²) in [5.41, 5.74) is 0. The van der Waals surface area contributed by atoms with Crippen LogP contribution >= 0.6 is 23.2 Å². The van der Waals surface area contributed by atoms with Crippen LogP contribution in [-0.2, 0) is 4.79 Å². The minimum Gasteiger partial charge on any atom is -0.361 e. The number of ketones is 1. The number of rotatable bonds is 4. The third-order valence-corrected chi connectivity index (χ3v) is 1.77. The summed E-state index contributed by atoms with van der Waals surface area (Å²) in [6, 6.07) is 0. The van der Waals surface area contributed by atoms with Gasteiger partial charge < -0.3 is 5.32 Å². The van der Waals surface area contributed by atoms with Crippen molar-refractivity contribution in [2.75, 3.05) is 11.9 Å². The third-order valence-electron chi connectivity index (χ3n) is 1.37. The van der Waals surface area contributed by atoms with Crippen LogP contribution in [-0.4, -0.2) is 27.7 Å². The Morgan fingerprint density at radius 2 is 2.13 bits per heavy atom. The van der Waals surface area contributed by atoms with Crippen molar-refractivity contribution in [2.45, 2.75) is 5.38 Å². The first-order valence-electron chi connectivity index (χ1n) is 3.71.